The van der Waals surface area contributed by atoms with Crippen molar-refractivity contribution in [3.05, 3.63) is 95.6 Å². The fourth-order valence-corrected chi connectivity index (χ4v) is 7.10. The number of hydrogen-bond donors (Lipinski definition) is 2. The first-order valence-corrected chi connectivity index (χ1v) is 16.7. The highest BCUT2D eigenvalue weighted by atomic mass is 32.2. The lowest BCUT2D eigenvalue weighted by Crippen LogP contribution is -2.36. The van der Waals surface area contributed by atoms with Crippen LogP contribution in [0.15, 0.2) is 72.9 Å². The Morgan fingerprint density at radius 3 is 2.36 bits per heavy atom. The summed E-state index contributed by atoms with van der Waals surface area (Å²) >= 11 is 5.94. The molecule has 2 aliphatic heterocycles. The summed E-state index contributed by atoms with van der Waals surface area (Å²) in [6, 6.07) is 21.6. The van der Waals surface area contributed by atoms with E-state index >= 15 is 0 Å². The second-order valence-corrected chi connectivity index (χ2v) is 13.2. The lowest BCUT2D eigenvalue weighted by Gasteiger charge is -2.29. The van der Waals surface area contributed by atoms with Crippen LogP contribution in [-0.4, -0.2) is 62.8 Å². The van der Waals surface area contributed by atoms with Gasteiger partial charge < -0.3 is 29.2 Å². The van der Waals surface area contributed by atoms with Crippen molar-refractivity contribution in [1.29, 1.82) is 0 Å². The molecule has 44 heavy (non-hydrogen) atoms. The van der Waals surface area contributed by atoms with Gasteiger partial charge in [0.05, 0.1) is 50.0 Å². The highest BCUT2D eigenvalue weighted by Crippen LogP contribution is 2.45. The molecule has 4 heterocycles. The molecule has 2 N–H and O–H groups in total. The number of methoxy groups -OCH3 is 1. The standard InChI is InChI=1S/C32H36N6O4S2/c1-21-19-26(22(2)37(21)24-10-8-23(9-11-24)36-15-17-42-18-16-36)31-30(27-7-5-6-14-33-27)34-32(43)38(31)25-12-13-29(41-3)28(20-25)35-44(4,39)40/h5-14,19-20,30-31,35H,15-18H2,1-4H3,(H,34,43). The lowest BCUT2D eigenvalue weighted by atomic mass is 9.96. The Bertz CT molecular complexity index is 1770. The van der Waals surface area contributed by atoms with E-state index in [1.54, 1.807) is 18.3 Å². The predicted octanol–water partition coefficient (Wildman–Crippen LogP) is 4.88. The van der Waals surface area contributed by atoms with Crippen molar-refractivity contribution >= 4 is 44.4 Å². The number of thiocarbonyl (C=S) groups is 1. The van der Waals surface area contributed by atoms with Crippen LogP contribution < -0.4 is 24.6 Å². The molecule has 4 aromatic rings. The maximum Gasteiger partial charge on any atom is 0.229 e. The Kier molecular flexibility index (Phi) is 8.23. The predicted molar refractivity (Wildman–Crippen MR) is 178 cm³/mol. The summed E-state index contributed by atoms with van der Waals surface area (Å²) < 4.78 is 40.2. The third-order valence-corrected chi connectivity index (χ3v) is 9.03. The Labute approximate surface area is 263 Å². The fourth-order valence-electron chi connectivity index (χ4n) is 6.19. The number of anilines is 3. The van der Waals surface area contributed by atoms with Gasteiger partial charge in [-0.25, -0.2) is 8.42 Å². The first-order valence-electron chi connectivity index (χ1n) is 14.4. The van der Waals surface area contributed by atoms with Gasteiger partial charge in [0, 0.05) is 47.7 Å². The van der Waals surface area contributed by atoms with Gasteiger partial charge in [-0.1, -0.05) is 6.07 Å². The van der Waals surface area contributed by atoms with Gasteiger partial charge in [-0.05, 0) is 92.3 Å². The minimum atomic E-state index is -3.55. The molecule has 2 aromatic carbocycles. The van der Waals surface area contributed by atoms with Gasteiger partial charge in [0.15, 0.2) is 5.11 Å². The third kappa shape index (κ3) is 5.84. The highest BCUT2D eigenvalue weighted by molar-refractivity contribution is 7.92. The molecule has 10 nitrogen and oxygen atoms in total. The Balaban J connectivity index is 1.44. The zero-order valence-electron chi connectivity index (χ0n) is 25.1. The Morgan fingerprint density at radius 1 is 1.00 bits per heavy atom. The van der Waals surface area contributed by atoms with Gasteiger partial charge in [-0.3, -0.25) is 9.71 Å². The van der Waals surface area contributed by atoms with E-state index in [2.05, 4.69) is 68.7 Å². The van der Waals surface area contributed by atoms with Gasteiger partial charge in [0.25, 0.3) is 0 Å². The second-order valence-electron chi connectivity index (χ2n) is 11.0. The van der Waals surface area contributed by atoms with Crippen molar-refractivity contribution in [2.75, 3.05) is 54.2 Å². The van der Waals surface area contributed by atoms with Crippen LogP contribution in [0, 0.1) is 13.8 Å². The number of nitrogens with one attached hydrogen (secondary N) is 2. The van der Waals surface area contributed by atoms with Crippen molar-refractivity contribution in [3.8, 4) is 11.4 Å². The first-order chi connectivity index (χ1) is 21.1. The van der Waals surface area contributed by atoms with Crippen LogP contribution in [0.1, 0.15) is 34.7 Å². The SMILES string of the molecule is COc1ccc(N2C(=S)NC(c3ccccn3)C2c2cc(C)n(-c3ccc(N4CCOCC4)cc3)c2C)cc1NS(C)(=O)=O. The minimum absolute atomic E-state index is 0.255. The molecule has 2 aliphatic rings. The molecular weight excluding hydrogens is 597 g/mol. The average Bonchev–Trinajstić information content (AvgIpc) is 3.51. The number of nitrogens with zero attached hydrogens (tertiary/aromatic N) is 4. The van der Waals surface area contributed by atoms with Crippen LogP contribution in [0.2, 0.25) is 0 Å². The average molecular weight is 633 g/mol. The molecule has 2 fully saturated rings. The smallest absolute Gasteiger partial charge is 0.229 e. The molecule has 0 amide bonds. The number of ether oxygens (including phenoxy) is 2. The fraction of sp³-hybridized carbons (Fsp3) is 0.312. The van der Waals surface area contributed by atoms with Crippen LogP contribution in [0.25, 0.3) is 5.69 Å². The third-order valence-electron chi connectivity index (χ3n) is 8.13. The normalized spacial score (nSPS) is 18.8. The molecule has 12 heteroatoms. The summed E-state index contributed by atoms with van der Waals surface area (Å²) in [4.78, 5) is 9.06. The zero-order valence-corrected chi connectivity index (χ0v) is 26.8. The zero-order chi connectivity index (χ0) is 31.0. The van der Waals surface area contributed by atoms with E-state index in [1.165, 1.54) is 12.8 Å². The number of hydrogen-bond acceptors (Lipinski definition) is 7. The Hall–Kier alpha value is -4.13. The number of sulfonamides is 1. The van der Waals surface area contributed by atoms with E-state index in [9.17, 15) is 8.42 Å². The van der Waals surface area contributed by atoms with E-state index in [0.29, 0.717) is 16.5 Å². The number of morpholine rings is 1. The summed E-state index contributed by atoms with van der Waals surface area (Å²) in [5.41, 5.74) is 7.40. The van der Waals surface area contributed by atoms with Gasteiger partial charge >= 0.3 is 0 Å². The number of aryl methyl sites for hydroxylation is 1. The summed E-state index contributed by atoms with van der Waals surface area (Å²) in [5, 5.41) is 4.02. The molecule has 2 atom stereocenters. The number of rotatable bonds is 8. The molecule has 0 saturated carbocycles. The molecule has 6 rings (SSSR count). The second kappa shape index (κ2) is 12.1. The van der Waals surface area contributed by atoms with E-state index in [0.717, 1.165) is 66.6 Å². The van der Waals surface area contributed by atoms with E-state index in [1.807, 2.05) is 29.2 Å². The monoisotopic (exact) mass is 632 g/mol. The van der Waals surface area contributed by atoms with Crippen LogP contribution in [0.3, 0.4) is 0 Å². The van der Waals surface area contributed by atoms with Crippen molar-refractivity contribution in [1.82, 2.24) is 14.9 Å². The molecule has 0 radical (unpaired) electrons. The van der Waals surface area contributed by atoms with E-state index in [-0.39, 0.29) is 12.1 Å². The van der Waals surface area contributed by atoms with Crippen LogP contribution in [-0.2, 0) is 14.8 Å². The summed E-state index contributed by atoms with van der Waals surface area (Å²) in [7, 11) is -2.05. The van der Waals surface area contributed by atoms with Crippen LogP contribution in [0.5, 0.6) is 5.75 Å². The lowest BCUT2D eigenvalue weighted by molar-refractivity contribution is 0.122. The molecule has 2 aromatic heterocycles. The molecular formula is C32H36N6O4S2. The number of benzene rings is 2. The highest BCUT2D eigenvalue weighted by Gasteiger charge is 2.42. The Morgan fingerprint density at radius 2 is 1.70 bits per heavy atom. The summed E-state index contributed by atoms with van der Waals surface area (Å²) in [5.74, 6) is 0.411. The molecule has 0 spiro atoms. The van der Waals surface area contributed by atoms with E-state index < -0.39 is 10.0 Å². The molecule has 230 valence electrons. The maximum atomic E-state index is 12.2. The minimum Gasteiger partial charge on any atom is -0.495 e. The number of aromatic nitrogens is 2. The van der Waals surface area contributed by atoms with Crippen LogP contribution >= 0.6 is 12.2 Å². The number of pyridine rings is 1. The van der Waals surface area contributed by atoms with Crippen LogP contribution in [0.4, 0.5) is 17.1 Å². The first kappa shape index (κ1) is 29.9. The molecule has 2 unspecified atom stereocenters. The van der Waals surface area contributed by atoms with Gasteiger partial charge in [-0.2, -0.15) is 0 Å². The largest absolute Gasteiger partial charge is 0.495 e. The molecule has 0 aliphatic carbocycles. The van der Waals surface area contributed by atoms with Gasteiger partial charge in [0.2, 0.25) is 10.0 Å². The van der Waals surface area contributed by atoms with Crippen molar-refractivity contribution in [2.24, 2.45) is 0 Å². The summed E-state index contributed by atoms with van der Waals surface area (Å²) in [6.45, 7) is 7.49. The van der Waals surface area contributed by atoms with Crippen molar-refractivity contribution in [3.63, 3.8) is 0 Å². The quantitative estimate of drug-likeness (QED) is 0.263. The van der Waals surface area contributed by atoms with Gasteiger partial charge in [-0.15, -0.1) is 0 Å². The summed E-state index contributed by atoms with van der Waals surface area (Å²) in [6.07, 6.45) is 2.89. The van der Waals surface area contributed by atoms with E-state index in [4.69, 9.17) is 21.7 Å². The maximum absolute atomic E-state index is 12.2. The molecule has 0 bridgehead atoms. The molecule has 2 saturated heterocycles. The van der Waals surface area contributed by atoms with Crippen molar-refractivity contribution in [2.45, 2.75) is 25.9 Å². The van der Waals surface area contributed by atoms with Gasteiger partial charge in [0.1, 0.15) is 5.75 Å². The topological polar surface area (TPSA) is 101 Å². The van der Waals surface area contributed by atoms with Crippen molar-refractivity contribution < 1.29 is 17.9 Å².